The Labute approximate surface area is 161 Å². The van der Waals surface area contributed by atoms with E-state index in [2.05, 4.69) is 31.9 Å². The molecule has 6 nitrogen and oxygen atoms in total. The topological polar surface area (TPSA) is 60.4 Å². The maximum absolute atomic E-state index is 11.1. The van der Waals surface area contributed by atoms with Crippen molar-refractivity contribution in [1.82, 2.24) is 4.90 Å². The van der Waals surface area contributed by atoms with Crippen molar-refractivity contribution in [3.63, 3.8) is 0 Å². The van der Waals surface area contributed by atoms with Gasteiger partial charge in [0.1, 0.15) is 0 Å². The van der Waals surface area contributed by atoms with Crippen molar-refractivity contribution >= 4 is 0 Å². The summed E-state index contributed by atoms with van der Waals surface area (Å²) in [6, 6.07) is 2.18. The van der Waals surface area contributed by atoms with E-state index in [1.165, 1.54) is 5.56 Å². The highest BCUT2D eigenvalue weighted by atomic mass is 16.7. The Morgan fingerprint density at radius 2 is 2.19 bits per heavy atom. The standard InChI is InChI=1S/C21H31NO5/c1-21(2)11-14(6-8-27-21)16(23)10-15-18-13(5-7-22(15)3)9-17-19(20(18)24-4)26-12-25-17/h9,14-16,23H,5-8,10-12H2,1-4H3/t14-,15-,16+/m1/s1. The smallest absolute Gasteiger partial charge is 0.231 e. The predicted octanol–water partition coefficient (Wildman–Crippen LogP) is 2.91. The van der Waals surface area contributed by atoms with Gasteiger partial charge in [-0.15, -0.1) is 0 Å². The van der Waals surface area contributed by atoms with Crippen molar-refractivity contribution < 1.29 is 24.1 Å². The van der Waals surface area contributed by atoms with Crippen molar-refractivity contribution in [2.24, 2.45) is 5.92 Å². The van der Waals surface area contributed by atoms with E-state index in [1.807, 2.05) is 0 Å². The number of methoxy groups -OCH3 is 1. The van der Waals surface area contributed by atoms with Gasteiger partial charge in [0.25, 0.3) is 0 Å². The fourth-order valence-corrected chi connectivity index (χ4v) is 4.85. The van der Waals surface area contributed by atoms with Crippen molar-refractivity contribution in [2.45, 2.75) is 57.3 Å². The lowest BCUT2D eigenvalue weighted by atomic mass is 9.80. The van der Waals surface area contributed by atoms with Crippen LogP contribution in [0.15, 0.2) is 6.07 Å². The number of likely N-dealkylation sites (N-methyl/N-ethyl adjacent to an activating group) is 1. The second kappa shape index (κ2) is 7.15. The van der Waals surface area contributed by atoms with E-state index in [0.717, 1.165) is 42.9 Å². The first-order valence-corrected chi connectivity index (χ1v) is 9.91. The van der Waals surface area contributed by atoms with Crippen LogP contribution in [0.1, 0.15) is 50.3 Å². The highest BCUT2D eigenvalue weighted by molar-refractivity contribution is 5.61. The van der Waals surface area contributed by atoms with Crippen molar-refractivity contribution in [2.75, 3.05) is 34.1 Å². The average Bonchev–Trinajstić information content (AvgIpc) is 3.09. The zero-order valence-electron chi connectivity index (χ0n) is 16.8. The van der Waals surface area contributed by atoms with Crippen LogP contribution in [0.2, 0.25) is 0 Å². The van der Waals surface area contributed by atoms with Crippen LogP contribution in [-0.4, -0.2) is 55.8 Å². The first kappa shape index (κ1) is 18.8. The molecule has 1 aromatic carbocycles. The van der Waals surface area contributed by atoms with E-state index in [4.69, 9.17) is 18.9 Å². The Hall–Kier alpha value is -1.50. The van der Waals surface area contributed by atoms with Gasteiger partial charge in [-0.25, -0.2) is 0 Å². The minimum absolute atomic E-state index is 0.0964. The maximum Gasteiger partial charge on any atom is 0.231 e. The van der Waals surface area contributed by atoms with Crippen LogP contribution in [0.3, 0.4) is 0 Å². The normalized spacial score (nSPS) is 27.9. The van der Waals surface area contributed by atoms with Gasteiger partial charge in [-0.1, -0.05) is 0 Å². The fraction of sp³-hybridized carbons (Fsp3) is 0.714. The number of ether oxygens (including phenoxy) is 4. The summed E-state index contributed by atoms with van der Waals surface area (Å²) in [5, 5.41) is 11.1. The van der Waals surface area contributed by atoms with Crippen LogP contribution in [0.5, 0.6) is 17.2 Å². The van der Waals surface area contributed by atoms with Crippen LogP contribution in [0, 0.1) is 5.92 Å². The third kappa shape index (κ3) is 3.50. The molecule has 0 spiro atoms. The number of aliphatic hydroxyl groups excluding tert-OH is 1. The van der Waals surface area contributed by atoms with Gasteiger partial charge >= 0.3 is 0 Å². The van der Waals surface area contributed by atoms with E-state index in [1.54, 1.807) is 7.11 Å². The van der Waals surface area contributed by atoms with E-state index >= 15 is 0 Å². The van der Waals surface area contributed by atoms with Gasteiger partial charge in [0, 0.05) is 24.8 Å². The number of aliphatic hydroxyl groups is 1. The summed E-state index contributed by atoms with van der Waals surface area (Å²) >= 11 is 0. The number of hydrogen-bond acceptors (Lipinski definition) is 6. The summed E-state index contributed by atoms with van der Waals surface area (Å²) in [5.74, 6) is 2.47. The summed E-state index contributed by atoms with van der Waals surface area (Å²) in [7, 11) is 3.80. The highest BCUT2D eigenvalue weighted by Gasteiger charge is 2.38. The lowest BCUT2D eigenvalue weighted by Crippen LogP contribution is -2.41. The van der Waals surface area contributed by atoms with Crippen LogP contribution >= 0.6 is 0 Å². The van der Waals surface area contributed by atoms with Gasteiger partial charge in [-0.2, -0.15) is 0 Å². The molecule has 0 saturated carbocycles. The van der Waals surface area contributed by atoms with Gasteiger partial charge in [-0.3, -0.25) is 4.90 Å². The maximum atomic E-state index is 11.1. The summed E-state index contributed by atoms with van der Waals surface area (Å²) < 4.78 is 22.9. The van der Waals surface area contributed by atoms with Crippen molar-refractivity contribution in [3.8, 4) is 17.2 Å². The van der Waals surface area contributed by atoms with E-state index in [9.17, 15) is 5.11 Å². The Balaban J connectivity index is 1.62. The SMILES string of the molecule is COc1c2c(cc3c1[C@@H](C[C@H](O)[C@@H]1CCOC(C)(C)C1)N(C)CC3)OCO2. The Morgan fingerprint density at radius 1 is 1.37 bits per heavy atom. The molecular weight excluding hydrogens is 346 g/mol. The molecule has 3 atom stereocenters. The molecule has 1 fully saturated rings. The molecule has 4 rings (SSSR count). The van der Waals surface area contributed by atoms with Gasteiger partial charge in [-0.05, 0) is 64.1 Å². The largest absolute Gasteiger partial charge is 0.492 e. The van der Waals surface area contributed by atoms with Gasteiger partial charge in [0.05, 0.1) is 18.8 Å². The first-order chi connectivity index (χ1) is 12.9. The molecule has 0 aliphatic carbocycles. The molecule has 0 aromatic heterocycles. The van der Waals surface area contributed by atoms with E-state index in [-0.39, 0.29) is 30.5 Å². The molecule has 3 heterocycles. The van der Waals surface area contributed by atoms with Crippen LogP contribution in [0.4, 0.5) is 0 Å². The molecule has 0 unspecified atom stereocenters. The van der Waals surface area contributed by atoms with Gasteiger partial charge < -0.3 is 24.1 Å². The molecule has 150 valence electrons. The van der Waals surface area contributed by atoms with Crippen molar-refractivity contribution in [1.29, 1.82) is 0 Å². The Morgan fingerprint density at radius 3 is 2.93 bits per heavy atom. The lowest BCUT2D eigenvalue weighted by Gasteiger charge is -2.41. The fourth-order valence-electron chi connectivity index (χ4n) is 4.85. The molecule has 1 saturated heterocycles. The van der Waals surface area contributed by atoms with Crippen LogP contribution in [-0.2, 0) is 11.2 Å². The second-order valence-electron chi connectivity index (χ2n) is 8.63. The molecular formula is C21H31NO5. The summed E-state index contributed by atoms with van der Waals surface area (Å²) in [6.07, 6.45) is 3.04. The number of benzene rings is 1. The molecule has 1 N–H and O–H groups in total. The molecule has 3 aliphatic rings. The van der Waals surface area contributed by atoms with Gasteiger partial charge in [0.2, 0.25) is 12.5 Å². The third-order valence-corrected chi connectivity index (χ3v) is 6.29. The molecule has 27 heavy (non-hydrogen) atoms. The second-order valence-corrected chi connectivity index (χ2v) is 8.63. The Kier molecular flexibility index (Phi) is 4.99. The average molecular weight is 377 g/mol. The number of rotatable bonds is 4. The lowest BCUT2D eigenvalue weighted by molar-refractivity contribution is -0.0987. The molecule has 1 aromatic rings. The molecule has 0 radical (unpaired) electrons. The summed E-state index contributed by atoms with van der Waals surface area (Å²) in [6.45, 7) is 6.12. The molecule has 0 bridgehead atoms. The van der Waals surface area contributed by atoms with Crippen molar-refractivity contribution in [3.05, 3.63) is 17.2 Å². The summed E-state index contributed by atoms with van der Waals surface area (Å²) in [4.78, 5) is 2.32. The quantitative estimate of drug-likeness (QED) is 0.871. The highest BCUT2D eigenvalue weighted by Crippen LogP contribution is 2.50. The predicted molar refractivity (Wildman–Crippen MR) is 102 cm³/mol. The zero-order chi connectivity index (χ0) is 19.2. The molecule has 0 amide bonds. The molecule has 3 aliphatic heterocycles. The first-order valence-electron chi connectivity index (χ1n) is 9.91. The number of nitrogens with zero attached hydrogens (tertiary/aromatic N) is 1. The number of fused-ring (bicyclic) bond motifs is 2. The zero-order valence-corrected chi connectivity index (χ0v) is 16.8. The Bertz CT molecular complexity index is 704. The monoisotopic (exact) mass is 377 g/mol. The molecule has 6 heteroatoms. The van der Waals surface area contributed by atoms with Crippen LogP contribution < -0.4 is 14.2 Å². The van der Waals surface area contributed by atoms with Gasteiger partial charge in [0.15, 0.2) is 11.5 Å². The van der Waals surface area contributed by atoms with E-state index in [0.29, 0.717) is 18.8 Å². The van der Waals surface area contributed by atoms with Crippen LogP contribution in [0.25, 0.3) is 0 Å². The minimum atomic E-state index is -0.373. The minimum Gasteiger partial charge on any atom is -0.492 e. The third-order valence-electron chi connectivity index (χ3n) is 6.29. The summed E-state index contributed by atoms with van der Waals surface area (Å²) in [5.41, 5.74) is 2.21. The number of hydrogen-bond donors (Lipinski definition) is 1. The van der Waals surface area contributed by atoms with E-state index < -0.39 is 0 Å².